The van der Waals surface area contributed by atoms with Crippen LogP contribution in [0.2, 0.25) is 0 Å². The third kappa shape index (κ3) is 5.25. The lowest BCUT2D eigenvalue weighted by Gasteiger charge is -2.15. The smallest absolute Gasteiger partial charge is 0.283 e. The molecule has 9 heteroatoms. The maximum Gasteiger partial charge on any atom is 0.283 e. The number of anilines is 3. The number of para-hydroxylation sites is 1. The Morgan fingerprint density at radius 1 is 0.737 bits per heavy atom. The number of hydrogen-bond donors (Lipinski definition) is 2. The molecule has 7 nitrogen and oxygen atoms in total. The van der Waals surface area contributed by atoms with E-state index in [0.717, 1.165) is 17.0 Å². The number of imide groups is 1. The summed E-state index contributed by atoms with van der Waals surface area (Å²) in [6.45, 7) is 0. The van der Waals surface area contributed by atoms with Gasteiger partial charge in [-0.1, -0.05) is 29.8 Å². The van der Waals surface area contributed by atoms with E-state index in [0.29, 0.717) is 28.4 Å². The summed E-state index contributed by atoms with van der Waals surface area (Å²) in [5.74, 6) is -0.879. The number of nitrogens with one attached hydrogen (secondary N) is 2. The molecule has 1 aliphatic heterocycles. The number of ether oxygens (including phenoxy) is 1. The van der Waals surface area contributed by atoms with Gasteiger partial charge in [0.05, 0.1) is 5.69 Å². The lowest BCUT2D eigenvalue weighted by molar-refractivity contribution is -0.120. The lowest BCUT2D eigenvalue weighted by Crippen LogP contribution is -2.32. The highest BCUT2D eigenvalue weighted by Crippen LogP contribution is 2.30. The van der Waals surface area contributed by atoms with Gasteiger partial charge in [0.15, 0.2) is 0 Å². The summed E-state index contributed by atoms with van der Waals surface area (Å²) < 4.78 is 19.0. The Labute approximate surface area is 222 Å². The molecule has 188 valence electrons. The summed E-state index contributed by atoms with van der Waals surface area (Å²) in [7, 11) is 0. The molecule has 0 saturated carbocycles. The van der Waals surface area contributed by atoms with Gasteiger partial charge in [-0.15, -0.1) is 0 Å². The normalized spacial score (nSPS) is 13.1. The zero-order chi connectivity index (χ0) is 26.6. The highest BCUT2D eigenvalue weighted by atomic mass is 35.5. The summed E-state index contributed by atoms with van der Waals surface area (Å²) in [6.07, 6.45) is 0. The number of benzene rings is 4. The van der Waals surface area contributed by atoms with E-state index >= 15 is 0 Å². The Kier molecular flexibility index (Phi) is 6.88. The maximum atomic E-state index is 13.2. The van der Waals surface area contributed by atoms with Crippen LogP contribution in [0.3, 0.4) is 0 Å². The molecule has 2 N–H and O–H groups in total. The molecule has 4 aromatic carbocycles. The van der Waals surface area contributed by atoms with Crippen LogP contribution >= 0.6 is 11.6 Å². The van der Waals surface area contributed by atoms with Crippen molar-refractivity contribution in [3.05, 3.63) is 125 Å². The van der Waals surface area contributed by atoms with E-state index in [1.54, 1.807) is 48.5 Å². The van der Waals surface area contributed by atoms with Crippen LogP contribution in [0.4, 0.5) is 21.5 Å². The standard InChI is InChI=1S/C29H19ClFN3O4/c30-25-26(29(37)34(28(25)36)22-14-8-19(31)9-15-22)32-20-10-6-18(7-11-20)27(35)33-21-12-16-24(17-13-21)38-23-4-2-1-3-5-23/h1-17,32H,(H,33,35). The molecule has 0 bridgehead atoms. The molecule has 0 radical (unpaired) electrons. The van der Waals surface area contributed by atoms with Crippen LogP contribution in [-0.2, 0) is 9.59 Å². The van der Waals surface area contributed by atoms with Gasteiger partial charge in [0.1, 0.15) is 28.0 Å². The fourth-order valence-corrected chi connectivity index (χ4v) is 3.93. The molecule has 38 heavy (non-hydrogen) atoms. The van der Waals surface area contributed by atoms with Crippen molar-refractivity contribution in [3.63, 3.8) is 0 Å². The minimum absolute atomic E-state index is 0.115. The van der Waals surface area contributed by atoms with Crippen LogP contribution in [0.1, 0.15) is 10.4 Å². The van der Waals surface area contributed by atoms with Crippen molar-refractivity contribution in [2.75, 3.05) is 15.5 Å². The first-order chi connectivity index (χ1) is 18.4. The molecule has 3 amide bonds. The number of carbonyl (C=O) groups excluding carboxylic acids is 3. The van der Waals surface area contributed by atoms with E-state index in [1.807, 2.05) is 30.3 Å². The van der Waals surface area contributed by atoms with E-state index in [9.17, 15) is 18.8 Å². The van der Waals surface area contributed by atoms with Gasteiger partial charge in [-0.05, 0) is 84.9 Å². The summed E-state index contributed by atoms with van der Waals surface area (Å²) in [5, 5.41) is 5.36. The molecule has 0 fully saturated rings. The molecule has 0 unspecified atom stereocenters. The SMILES string of the molecule is O=C(Nc1ccc(Oc2ccccc2)cc1)c1ccc(NC2=C(Cl)C(=O)N(c3ccc(F)cc3)C2=O)cc1. The topological polar surface area (TPSA) is 87.7 Å². The Balaban J connectivity index is 1.22. The maximum absolute atomic E-state index is 13.2. The fraction of sp³-hybridized carbons (Fsp3) is 0. The zero-order valence-electron chi connectivity index (χ0n) is 19.7. The zero-order valence-corrected chi connectivity index (χ0v) is 20.4. The van der Waals surface area contributed by atoms with Crippen LogP contribution in [0, 0.1) is 5.82 Å². The summed E-state index contributed by atoms with van der Waals surface area (Å²) in [4.78, 5) is 39.0. The number of carbonyl (C=O) groups is 3. The largest absolute Gasteiger partial charge is 0.457 e. The van der Waals surface area contributed by atoms with Gasteiger partial charge in [0, 0.05) is 16.9 Å². The third-order valence-corrected chi connectivity index (χ3v) is 5.97. The molecule has 5 rings (SSSR count). The Morgan fingerprint density at radius 2 is 1.34 bits per heavy atom. The number of nitrogens with zero attached hydrogens (tertiary/aromatic N) is 1. The third-order valence-electron chi connectivity index (χ3n) is 5.62. The molecule has 0 saturated heterocycles. The van der Waals surface area contributed by atoms with Gasteiger partial charge in [0.2, 0.25) is 0 Å². The number of hydrogen-bond acceptors (Lipinski definition) is 5. The van der Waals surface area contributed by atoms with Crippen LogP contribution in [-0.4, -0.2) is 17.7 Å². The van der Waals surface area contributed by atoms with E-state index < -0.39 is 17.6 Å². The first-order valence-electron chi connectivity index (χ1n) is 11.4. The van der Waals surface area contributed by atoms with Crippen LogP contribution < -0.4 is 20.3 Å². The van der Waals surface area contributed by atoms with Crippen LogP contribution in [0.5, 0.6) is 11.5 Å². The van der Waals surface area contributed by atoms with Gasteiger partial charge >= 0.3 is 0 Å². The van der Waals surface area contributed by atoms with Gasteiger partial charge in [-0.25, -0.2) is 9.29 Å². The molecular formula is C29H19ClFN3O4. The van der Waals surface area contributed by atoms with Crippen molar-refractivity contribution < 1.29 is 23.5 Å². The highest BCUT2D eigenvalue weighted by molar-refractivity contribution is 6.53. The summed E-state index contributed by atoms with van der Waals surface area (Å²) in [6, 6.07) is 27.5. The Bertz CT molecular complexity index is 1540. The van der Waals surface area contributed by atoms with Gasteiger partial charge in [-0.2, -0.15) is 0 Å². The molecule has 4 aromatic rings. The van der Waals surface area contributed by atoms with Crippen molar-refractivity contribution in [1.82, 2.24) is 0 Å². The van der Waals surface area contributed by atoms with Gasteiger partial charge in [-0.3, -0.25) is 14.4 Å². The van der Waals surface area contributed by atoms with E-state index in [4.69, 9.17) is 16.3 Å². The number of amides is 3. The van der Waals surface area contributed by atoms with Crippen molar-refractivity contribution in [3.8, 4) is 11.5 Å². The van der Waals surface area contributed by atoms with Crippen molar-refractivity contribution in [1.29, 1.82) is 0 Å². The quantitative estimate of drug-likeness (QED) is 0.275. The van der Waals surface area contributed by atoms with E-state index in [1.165, 1.54) is 12.1 Å². The monoisotopic (exact) mass is 527 g/mol. The second kappa shape index (κ2) is 10.6. The number of halogens is 2. The van der Waals surface area contributed by atoms with Crippen molar-refractivity contribution in [2.45, 2.75) is 0 Å². The van der Waals surface area contributed by atoms with Gasteiger partial charge in [0.25, 0.3) is 17.7 Å². The van der Waals surface area contributed by atoms with E-state index in [2.05, 4.69) is 10.6 Å². The molecular weight excluding hydrogens is 509 g/mol. The molecule has 0 atom stereocenters. The molecule has 0 spiro atoms. The Hall–Kier alpha value is -4.95. The molecule has 1 heterocycles. The molecule has 0 aromatic heterocycles. The first kappa shape index (κ1) is 24.7. The predicted molar refractivity (Wildman–Crippen MR) is 143 cm³/mol. The van der Waals surface area contributed by atoms with Crippen LogP contribution in [0.25, 0.3) is 0 Å². The highest BCUT2D eigenvalue weighted by Gasteiger charge is 2.38. The summed E-state index contributed by atoms with van der Waals surface area (Å²) in [5.41, 5.74) is 1.49. The second-order valence-corrected chi connectivity index (χ2v) is 8.59. The van der Waals surface area contributed by atoms with Gasteiger partial charge < -0.3 is 15.4 Å². The molecule has 0 aliphatic carbocycles. The van der Waals surface area contributed by atoms with Crippen LogP contribution in [0.15, 0.2) is 114 Å². The summed E-state index contributed by atoms with van der Waals surface area (Å²) >= 11 is 6.14. The average Bonchev–Trinajstić information content (AvgIpc) is 3.14. The predicted octanol–water partition coefficient (Wildman–Crippen LogP) is 6.31. The average molecular weight is 528 g/mol. The molecule has 1 aliphatic rings. The minimum Gasteiger partial charge on any atom is -0.457 e. The van der Waals surface area contributed by atoms with E-state index in [-0.39, 0.29) is 22.3 Å². The number of rotatable bonds is 7. The first-order valence-corrected chi connectivity index (χ1v) is 11.8. The second-order valence-electron chi connectivity index (χ2n) is 8.21. The minimum atomic E-state index is -0.720. The van der Waals surface area contributed by atoms with Crippen molar-refractivity contribution >= 4 is 46.4 Å². The van der Waals surface area contributed by atoms with Crippen molar-refractivity contribution in [2.24, 2.45) is 0 Å². The fourth-order valence-electron chi connectivity index (χ4n) is 3.72. The lowest BCUT2D eigenvalue weighted by atomic mass is 10.2. The Morgan fingerprint density at radius 3 is 2.00 bits per heavy atom.